The summed E-state index contributed by atoms with van der Waals surface area (Å²) in [4.78, 5) is 25.9. The zero-order chi connectivity index (χ0) is 30.4. The average molecular weight is 590 g/mol. The van der Waals surface area contributed by atoms with Gasteiger partial charge >= 0.3 is 0 Å². The second-order valence-electron chi connectivity index (χ2n) is 10.6. The second-order valence-corrected chi connectivity index (χ2v) is 10.6. The molecule has 0 radical (unpaired) electrons. The minimum atomic E-state index is -1.26. The van der Waals surface area contributed by atoms with Crippen molar-refractivity contribution >= 4 is 11.9 Å². The van der Waals surface area contributed by atoms with Gasteiger partial charge in [-0.15, -0.1) is 0 Å². The molecule has 0 bridgehead atoms. The molecule has 1 aliphatic carbocycles. The summed E-state index contributed by atoms with van der Waals surface area (Å²) in [6.45, 7) is 3.61. The maximum absolute atomic E-state index is 12.2. The van der Waals surface area contributed by atoms with Gasteiger partial charge in [-0.25, -0.2) is 0 Å². The van der Waals surface area contributed by atoms with Crippen molar-refractivity contribution in [3.05, 3.63) is 16.7 Å². The Morgan fingerprint density at radius 3 is 2.66 bits per heavy atom. The Balaban J connectivity index is 0.000000493. The number of rotatable bonds is 12. The number of nitrogens with zero attached hydrogens (tertiary/aromatic N) is 2. The summed E-state index contributed by atoms with van der Waals surface area (Å²) in [6, 6.07) is -1.47. The van der Waals surface area contributed by atoms with Gasteiger partial charge < -0.3 is 62.5 Å². The number of carbonyl (C=O) groups is 1. The van der Waals surface area contributed by atoms with Gasteiger partial charge in [-0.1, -0.05) is 12.1 Å². The second kappa shape index (κ2) is 18.2. The number of aliphatic hydroxyl groups excluding tert-OH is 4. The van der Waals surface area contributed by atoms with Crippen LogP contribution in [0.5, 0.6) is 0 Å². The fraction of sp³-hybridized carbons (Fsp3) is 0.840. The van der Waals surface area contributed by atoms with Gasteiger partial charge in [0.15, 0.2) is 18.5 Å². The van der Waals surface area contributed by atoms with Crippen molar-refractivity contribution in [3.8, 4) is 0 Å². The van der Waals surface area contributed by atoms with Gasteiger partial charge in [0.05, 0.1) is 25.9 Å². The van der Waals surface area contributed by atoms with Crippen LogP contribution in [-0.4, -0.2) is 114 Å². The largest absolute Gasteiger partial charge is 0.468 e. The van der Waals surface area contributed by atoms with Crippen LogP contribution in [0, 0.1) is 10.8 Å². The van der Waals surface area contributed by atoms with E-state index in [2.05, 4.69) is 20.8 Å². The maximum Gasteiger partial charge on any atom is 0.249 e. The van der Waals surface area contributed by atoms with E-state index in [9.17, 15) is 19.9 Å². The molecule has 9 atom stereocenters. The summed E-state index contributed by atoms with van der Waals surface area (Å²) in [5.74, 6) is 0.385. The lowest BCUT2D eigenvalue weighted by Crippen LogP contribution is -2.57. The van der Waals surface area contributed by atoms with E-state index in [0.29, 0.717) is 44.9 Å². The quantitative estimate of drug-likeness (QED) is 0.0492. The van der Waals surface area contributed by atoms with E-state index in [0.717, 1.165) is 12.2 Å². The summed E-state index contributed by atoms with van der Waals surface area (Å²) in [5, 5.41) is 46.8. The van der Waals surface area contributed by atoms with E-state index in [-0.39, 0.29) is 38.0 Å². The molecule has 3 aliphatic rings. The number of guanidine groups is 1. The van der Waals surface area contributed by atoms with Gasteiger partial charge in [-0.05, 0) is 37.7 Å². The van der Waals surface area contributed by atoms with Crippen LogP contribution >= 0.6 is 0 Å². The van der Waals surface area contributed by atoms with Crippen molar-refractivity contribution in [2.45, 2.75) is 94.5 Å². The highest BCUT2D eigenvalue weighted by molar-refractivity contribution is 5.81. The molecular weight excluding hydrogens is 542 g/mol. The molecule has 2 heterocycles. The first-order chi connectivity index (χ1) is 19.5. The van der Waals surface area contributed by atoms with Gasteiger partial charge in [0, 0.05) is 38.0 Å². The standard InChI is InChI=1S/C19H36N6O6.C6H11NO3/c20-13-8-11(25-18(29)14(27)4-5-24-19(21)22)9-15(28)17(13)31-16-3-1-2-12(30-16)10-23-6-7-26;1-4-2-5(7-9)6(8)10-3-4/h2,11,13-17,23,26-28H,1,3-10,20H2,(H,25,29)(H4,21,22,24);4-6,8H,2-3H2,1H3/t11?,13?,14?,15?,16-,17-;/m1./s1. The minimum Gasteiger partial charge on any atom is -0.468 e. The van der Waals surface area contributed by atoms with Crippen LogP contribution in [0.15, 0.2) is 22.0 Å². The monoisotopic (exact) mass is 589 g/mol. The fourth-order valence-electron chi connectivity index (χ4n) is 4.72. The minimum absolute atomic E-state index is 0.0430. The normalized spacial score (nSPS) is 32.3. The van der Waals surface area contributed by atoms with Crippen molar-refractivity contribution in [3.63, 3.8) is 0 Å². The molecule has 0 spiro atoms. The Labute approximate surface area is 239 Å². The summed E-state index contributed by atoms with van der Waals surface area (Å²) >= 11 is 0. The first-order valence-corrected chi connectivity index (χ1v) is 14.0. The van der Waals surface area contributed by atoms with Crippen LogP contribution < -0.4 is 27.8 Å². The predicted octanol–water partition coefficient (Wildman–Crippen LogP) is -2.54. The molecule has 0 aromatic heterocycles. The lowest BCUT2D eigenvalue weighted by atomic mass is 9.86. The Bertz CT molecular complexity index is 849. The van der Waals surface area contributed by atoms with E-state index >= 15 is 0 Å². The zero-order valence-electron chi connectivity index (χ0n) is 23.5. The highest BCUT2D eigenvalue weighted by Gasteiger charge is 2.39. The zero-order valence-corrected chi connectivity index (χ0v) is 23.5. The number of hydrogen-bond acceptors (Lipinski definition) is 13. The Morgan fingerprint density at radius 2 is 2.02 bits per heavy atom. The summed E-state index contributed by atoms with van der Waals surface area (Å²) in [6.07, 6.45) is 0.448. The number of aliphatic hydroxyl groups is 4. The van der Waals surface area contributed by atoms with Crippen LogP contribution in [0.4, 0.5) is 0 Å². The van der Waals surface area contributed by atoms with Crippen LogP contribution in [0.25, 0.3) is 0 Å². The SMILES string of the molecule is CC1COC(O)C(N=O)C1.NC(N)=NCCC(O)C(=O)NC1CC(N)[C@@H](O[C@@H]2CCC=C(CNCCO)O2)C(O)C1. The highest BCUT2D eigenvalue weighted by atomic mass is 16.7. The third-order valence-corrected chi connectivity index (χ3v) is 6.84. The topological polar surface area (TPSA) is 270 Å². The Hall–Kier alpha value is -2.44. The average Bonchev–Trinajstić information content (AvgIpc) is 2.92. The van der Waals surface area contributed by atoms with E-state index in [1.54, 1.807) is 0 Å². The van der Waals surface area contributed by atoms with E-state index in [4.69, 9.17) is 41.6 Å². The lowest BCUT2D eigenvalue weighted by molar-refractivity contribution is -0.195. The smallest absolute Gasteiger partial charge is 0.249 e. The Morgan fingerprint density at radius 1 is 1.27 bits per heavy atom. The molecule has 41 heavy (non-hydrogen) atoms. The number of amides is 1. The summed E-state index contributed by atoms with van der Waals surface area (Å²) in [5.41, 5.74) is 16.7. The molecule has 16 nitrogen and oxygen atoms in total. The third kappa shape index (κ3) is 12.5. The molecule has 12 N–H and O–H groups in total. The van der Waals surface area contributed by atoms with Gasteiger partial charge in [0.2, 0.25) is 5.91 Å². The number of nitroso groups, excluding NO2 is 1. The van der Waals surface area contributed by atoms with Crippen molar-refractivity contribution in [1.82, 2.24) is 10.6 Å². The fourth-order valence-corrected chi connectivity index (χ4v) is 4.72. The van der Waals surface area contributed by atoms with E-state index in [1.165, 1.54) is 0 Å². The van der Waals surface area contributed by atoms with Crippen LogP contribution in [0.3, 0.4) is 0 Å². The molecule has 0 aromatic carbocycles. The number of carbonyl (C=O) groups excluding carboxylic acids is 1. The third-order valence-electron chi connectivity index (χ3n) is 6.84. The van der Waals surface area contributed by atoms with E-state index < -0.39 is 48.9 Å². The van der Waals surface area contributed by atoms with Gasteiger partial charge in [0.25, 0.3) is 0 Å². The summed E-state index contributed by atoms with van der Waals surface area (Å²) in [7, 11) is 0. The lowest BCUT2D eigenvalue weighted by Gasteiger charge is -2.40. The van der Waals surface area contributed by atoms with Crippen LogP contribution in [-0.2, 0) is 19.0 Å². The van der Waals surface area contributed by atoms with Gasteiger partial charge in [-0.2, -0.15) is 4.91 Å². The molecule has 1 amide bonds. The van der Waals surface area contributed by atoms with E-state index in [1.807, 2.05) is 13.0 Å². The maximum atomic E-state index is 12.2. The number of nitrogens with two attached hydrogens (primary N) is 3. The van der Waals surface area contributed by atoms with Gasteiger partial charge in [0.1, 0.15) is 24.0 Å². The van der Waals surface area contributed by atoms with Crippen LogP contribution in [0.2, 0.25) is 0 Å². The van der Waals surface area contributed by atoms with Crippen molar-refractivity contribution in [2.75, 3.05) is 32.8 Å². The molecule has 16 heteroatoms. The number of allylic oxidation sites excluding steroid dienone is 1. The van der Waals surface area contributed by atoms with Crippen molar-refractivity contribution in [1.29, 1.82) is 0 Å². The first kappa shape index (κ1) is 34.8. The molecule has 1 saturated carbocycles. The van der Waals surface area contributed by atoms with Gasteiger partial charge in [-0.3, -0.25) is 9.79 Å². The van der Waals surface area contributed by atoms with Crippen molar-refractivity contribution in [2.24, 2.45) is 33.3 Å². The predicted molar refractivity (Wildman–Crippen MR) is 149 cm³/mol. The number of nitrogens with one attached hydrogen (secondary N) is 2. The first-order valence-electron chi connectivity index (χ1n) is 14.0. The number of aliphatic imine (C=N–C) groups is 1. The van der Waals surface area contributed by atoms with Crippen LogP contribution in [0.1, 0.15) is 45.4 Å². The highest BCUT2D eigenvalue weighted by Crippen LogP contribution is 2.26. The molecule has 236 valence electrons. The molecule has 1 saturated heterocycles. The van der Waals surface area contributed by atoms with Crippen molar-refractivity contribution < 1.29 is 39.4 Å². The summed E-state index contributed by atoms with van der Waals surface area (Å²) < 4.78 is 16.6. The molecule has 7 unspecified atom stereocenters. The molecular formula is C25H47N7O9. The number of ether oxygens (including phenoxy) is 3. The molecule has 3 rings (SSSR count). The number of hydrogen-bond donors (Lipinski definition) is 9. The molecule has 2 fully saturated rings. The molecule has 0 aromatic rings. The molecule has 2 aliphatic heterocycles. The Kier molecular flexibility index (Phi) is 15.4.